The van der Waals surface area contributed by atoms with Gasteiger partial charge in [0, 0.05) is 17.8 Å². The smallest absolute Gasteiger partial charge is 0.338 e. The Morgan fingerprint density at radius 2 is 1.84 bits per heavy atom. The van der Waals surface area contributed by atoms with E-state index in [1.165, 1.54) is 30.3 Å². The van der Waals surface area contributed by atoms with Crippen LogP contribution in [0.25, 0.3) is 0 Å². The van der Waals surface area contributed by atoms with Gasteiger partial charge in [-0.25, -0.2) is 14.0 Å². The van der Waals surface area contributed by atoms with Crippen LogP contribution < -0.4 is 10.6 Å². The van der Waals surface area contributed by atoms with Crippen molar-refractivity contribution in [2.75, 3.05) is 18.5 Å². The van der Waals surface area contributed by atoms with Crippen LogP contribution in [0.3, 0.4) is 0 Å². The number of aliphatic hydroxyl groups is 1. The van der Waals surface area contributed by atoms with Crippen LogP contribution in [0, 0.1) is 5.82 Å². The molecule has 0 saturated carbocycles. The normalized spacial score (nSPS) is 11.5. The fraction of sp³-hybridized carbons (Fsp3) is 0.222. The number of nitrogens with one attached hydrogen (secondary N) is 2. The molecule has 0 radical (unpaired) electrons. The first-order valence-electron chi connectivity index (χ1n) is 7.75. The number of halogens is 1. The van der Waals surface area contributed by atoms with Crippen LogP contribution >= 0.6 is 0 Å². The van der Waals surface area contributed by atoms with Crippen molar-refractivity contribution in [1.29, 1.82) is 0 Å². The van der Waals surface area contributed by atoms with Gasteiger partial charge in [-0.3, -0.25) is 0 Å². The van der Waals surface area contributed by atoms with Gasteiger partial charge in [0.25, 0.3) is 0 Å². The van der Waals surface area contributed by atoms with E-state index in [4.69, 9.17) is 4.74 Å². The van der Waals surface area contributed by atoms with Gasteiger partial charge in [-0.1, -0.05) is 18.2 Å². The first-order chi connectivity index (χ1) is 12.0. The highest BCUT2D eigenvalue weighted by Gasteiger charge is 2.13. The highest BCUT2D eigenvalue weighted by atomic mass is 19.1. The van der Waals surface area contributed by atoms with Gasteiger partial charge in [0.05, 0.1) is 18.3 Å². The minimum absolute atomic E-state index is 0.113. The van der Waals surface area contributed by atoms with Gasteiger partial charge >= 0.3 is 12.0 Å². The Hall–Kier alpha value is -2.93. The van der Waals surface area contributed by atoms with Crippen molar-refractivity contribution >= 4 is 17.7 Å². The van der Waals surface area contributed by atoms with Crippen molar-refractivity contribution in [2.45, 2.75) is 13.0 Å². The highest BCUT2D eigenvalue weighted by molar-refractivity contribution is 5.92. The van der Waals surface area contributed by atoms with Crippen molar-refractivity contribution in [1.82, 2.24) is 5.32 Å². The standard InChI is InChI=1S/C18H19FN2O4/c1-2-25-17(23)12-7-9-13(10-8-12)21-18(24)20-11-16(22)14-5-3-4-6-15(14)19/h3-10,16,22H,2,11H2,1H3,(H2,20,21,24). The Kier molecular flexibility index (Phi) is 6.47. The molecule has 0 fully saturated rings. The van der Waals surface area contributed by atoms with E-state index in [-0.39, 0.29) is 18.7 Å². The lowest BCUT2D eigenvalue weighted by Gasteiger charge is -2.13. The number of aliphatic hydroxyl groups excluding tert-OH is 1. The fourth-order valence-electron chi connectivity index (χ4n) is 2.12. The van der Waals surface area contributed by atoms with E-state index >= 15 is 0 Å². The fourth-order valence-corrected chi connectivity index (χ4v) is 2.12. The van der Waals surface area contributed by atoms with E-state index in [1.54, 1.807) is 25.1 Å². The van der Waals surface area contributed by atoms with Gasteiger partial charge in [0.15, 0.2) is 0 Å². The molecule has 0 saturated heterocycles. The second-order valence-corrected chi connectivity index (χ2v) is 5.17. The molecular formula is C18H19FN2O4. The van der Waals surface area contributed by atoms with E-state index in [1.807, 2.05) is 0 Å². The molecule has 2 aromatic rings. The van der Waals surface area contributed by atoms with Gasteiger partial charge in [-0.15, -0.1) is 0 Å². The lowest BCUT2D eigenvalue weighted by atomic mass is 10.1. The molecule has 0 aliphatic rings. The number of carbonyl (C=O) groups is 2. The number of hydrogen-bond acceptors (Lipinski definition) is 4. The second-order valence-electron chi connectivity index (χ2n) is 5.17. The number of ether oxygens (including phenoxy) is 1. The van der Waals surface area contributed by atoms with Crippen molar-refractivity contribution < 1.29 is 23.8 Å². The number of hydrogen-bond donors (Lipinski definition) is 3. The number of rotatable bonds is 6. The van der Waals surface area contributed by atoms with Crippen molar-refractivity contribution in [2.24, 2.45) is 0 Å². The molecule has 0 spiro atoms. The molecule has 1 atom stereocenters. The molecule has 0 aliphatic carbocycles. The second kappa shape index (κ2) is 8.79. The van der Waals surface area contributed by atoms with Crippen molar-refractivity contribution in [3.05, 3.63) is 65.5 Å². The molecule has 2 aromatic carbocycles. The Morgan fingerprint density at radius 3 is 2.48 bits per heavy atom. The molecule has 2 rings (SSSR count). The van der Waals surface area contributed by atoms with Crippen LogP contribution in [0.5, 0.6) is 0 Å². The average molecular weight is 346 g/mol. The van der Waals surface area contributed by atoms with Gasteiger partial charge in [-0.2, -0.15) is 0 Å². The summed E-state index contributed by atoms with van der Waals surface area (Å²) in [5.41, 5.74) is 0.954. The summed E-state index contributed by atoms with van der Waals surface area (Å²) in [6, 6.07) is 11.4. The third-order valence-electron chi connectivity index (χ3n) is 3.37. The zero-order valence-corrected chi connectivity index (χ0v) is 13.7. The van der Waals surface area contributed by atoms with Gasteiger partial charge in [0.2, 0.25) is 0 Å². The summed E-state index contributed by atoms with van der Waals surface area (Å²) in [5, 5.41) is 14.9. The van der Waals surface area contributed by atoms with Crippen molar-refractivity contribution in [3.8, 4) is 0 Å². The summed E-state index contributed by atoms with van der Waals surface area (Å²) >= 11 is 0. The molecule has 0 aliphatic heterocycles. The molecule has 2 amide bonds. The highest BCUT2D eigenvalue weighted by Crippen LogP contribution is 2.16. The molecular weight excluding hydrogens is 327 g/mol. The summed E-state index contributed by atoms with van der Waals surface area (Å²) in [6.45, 7) is 1.85. The quantitative estimate of drug-likeness (QED) is 0.702. The number of esters is 1. The van der Waals surface area contributed by atoms with Gasteiger partial charge in [-0.05, 0) is 37.3 Å². The Morgan fingerprint density at radius 1 is 1.16 bits per heavy atom. The van der Waals surface area contributed by atoms with Crippen LogP contribution in [0.4, 0.5) is 14.9 Å². The number of urea groups is 1. The van der Waals surface area contributed by atoms with Gasteiger partial charge in [0.1, 0.15) is 5.82 Å². The zero-order chi connectivity index (χ0) is 18.2. The molecule has 25 heavy (non-hydrogen) atoms. The first kappa shape index (κ1) is 18.4. The van der Waals surface area contributed by atoms with Crippen LogP contribution in [0.2, 0.25) is 0 Å². The molecule has 0 bridgehead atoms. The predicted octanol–water partition coefficient (Wildman–Crippen LogP) is 2.86. The van der Waals surface area contributed by atoms with E-state index < -0.39 is 23.9 Å². The summed E-state index contributed by atoms with van der Waals surface area (Å²) < 4.78 is 18.4. The number of anilines is 1. The third kappa shape index (κ3) is 5.29. The third-order valence-corrected chi connectivity index (χ3v) is 3.37. The minimum Gasteiger partial charge on any atom is -0.462 e. The van der Waals surface area contributed by atoms with E-state index in [0.29, 0.717) is 11.3 Å². The summed E-state index contributed by atoms with van der Waals surface area (Å²) in [6.07, 6.45) is -1.15. The lowest BCUT2D eigenvalue weighted by molar-refractivity contribution is 0.0526. The van der Waals surface area contributed by atoms with E-state index in [2.05, 4.69) is 10.6 Å². The predicted molar refractivity (Wildman–Crippen MR) is 90.8 cm³/mol. The number of carbonyl (C=O) groups excluding carboxylic acids is 2. The summed E-state index contributed by atoms with van der Waals surface area (Å²) in [4.78, 5) is 23.4. The van der Waals surface area contributed by atoms with Crippen LogP contribution in [-0.2, 0) is 4.74 Å². The first-order valence-corrected chi connectivity index (χ1v) is 7.75. The maximum absolute atomic E-state index is 13.5. The summed E-state index contributed by atoms with van der Waals surface area (Å²) in [5.74, 6) is -0.974. The van der Waals surface area contributed by atoms with Gasteiger partial charge < -0.3 is 20.5 Å². The molecule has 132 valence electrons. The van der Waals surface area contributed by atoms with Crippen LogP contribution in [0.1, 0.15) is 28.9 Å². The molecule has 0 heterocycles. The van der Waals surface area contributed by atoms with Crippen LogP contribution in [0.15, 0.2) is 48.5 Å². The van der Waals surface area contributed by atoms with E-state index in [0.717, 1.165) is 0 Å². The summed E-state index contributed by atoms with van der Waals surface area (Å²) in [7, 11) is 0. The molecule has 1 unspecified atom stereocenters. The monoisotopic (exact) mass is 346 g/mol. The molecule has 3 N–H and O–H groups in total. The Balaban J connectivity index is 1.86. The maximum atomic E-state index is 13.5. The molecule has 6 nitrogen and oxygen atoms in total. The Bertz CT molecular complexity index is 734. The van der Waals surface area contributed by atoms with E-state index in [9.17, 15) is 19.1 Å². The zero-order valence-electron chi connectivity index (χ0n) is 13.7. The Labute approximate surface area is 144 Å². The topological polar surface area (TPSA) is 87.7 Å². The number of amides is 2. The molecule has 0 aromatic heterocycles. The maximum Gasteiger partial charge on any atom is 0.338 e. The van der Waals surface area contributed by atoms with Crippen molar-refractivity contribution in [3.63, 3.8) is 0 Å². The SMILES string of the molecule is CCOC(=O)c1ccc(NC(=O)NCC(O)c2ccccc2F)cc1. The average Bonchev–Trinajstić information content (AvgIpc) is 2.61. The largest absolute Gasteiger partial charge is 0.462 e. The van der Waals surface area contributed by atoms with Crippen LogP contribution in [-0.4, -0.2) is 30.3 Å². The number of benzene rings is 2. The minimum atomic E-state index is -1.15. The lowest BCUT2D eigenvalue weighted by Crippen LogP contribution is -2.32. The molecule has 7 heteroatoms.